The Hall–Kier alpha value is -2.74. The number of hydrogen-bond donors (Lipinski definition) is 1. The number of rotatable bonds is 1. The van der Waals surface area contributed by atoms with Crippen molar-refractivity contribution in [3.05, 3.63) is 78.4 Å². The van der Waals surface area contributed by atoms with E-state index in [1.807, 2.05) is 0 Å². The third-order valence-electron chi connectivity index (χ3n) is 5.23. The van der Waals surface area contributed by atoms with Gasteiger partial charge >= 0.3 is 0 Å². The molecule has 5 rings (SSSR count). The number of hydrogen-bond acceptors (Lipinski definition) is 1. The van der Waals surface area contributed by atoms with E-state index in [1.165, 1.54) is 33.1 Å². The summed E-state index contributed by atoms with van der Waals surface area (Å²) in [6, 6.07) is 27.1. The molecule has 0 aliphatic carbocycles. The topological polar surface area (TPSA) is 17.0 Å². The molecule has 0 amide bonds. The highest BCUT2D eigenvalue weighted by molar-refractivity contribution is 6.08. The van der Waals surface area contributed by atoms with Crippen LogP contribution in [0.5, 0.6) is 0 Å². The van der Waals surface area contributed by atoms with Crippen LogP contribution in [-0.4, -0.2) is 10.6 Å². The molecular weight excluding hydrogens is 292 g/mol. The van der Waals surface area contributed by atoms with Gasteiger partial charge in [0.1, 0.15) is 0 Å². The SMILES string of the molecule is C[C@@H]1C[C@H](n2c3ccccc3c3ccccc32)c2ccccc2N1. The van der Waals surface area contributed by atoms with Gasteiger partial charge in [-0.1, -0.05) is 54.6 Å². The number of benzene rings is 3. The van der Waals surface area contributed by atoms with Crippen LogP contribution in [0.15, 0.2) is 72.8 Å². The molecule has 2 heteroatoms. The normalized spacial score (nSPS) is 20.0. The first-order valence-electron chi connectivity index (χ1n) is 8.66. The van der Waals surface area contributed by atoms with Gasteiger partial charge in [0.2, 0.25) is 0 Å². The van der Waals surface area contributed by atoms with Crippen LogP contribution in [0.3, 0.4) is 0 Å². The predicted molar refractivity (Wildman–Crippen MR) is 102 cm³/mol. The highest BCUT2D eigenvalue weighted by Crippen LogP contribution is 2.40. The highest BCUT2D eigenvalue weighted by Gasteiger charge is 2.27. The van der Waals surface area contributed by atoms with E-state index >= 15 is 0 Å². The summed E-state index contributed by atoms with van der Waals surface area (Å²) in [5.41, 5.74) is 5.31. The smallest absolute Gasteiger partial charge is 0.0631 e. The standard InChI is InChI=1S/C22H20N2/c1-15-14-22(18-10-2-5-11-19(18)23-15)24-20-12-6-3-8-16(20)17-9-4-7-13-21(17)24/h2-13,15,22-23H,14H2,1H3/t15-,22+/m1/s1. The van der Waals surface area contributed by atoms with Gasteiger partial charge in [0.25, 0.3) is 0 Å². The minimum absolute atomic E-state index is 0.363. The van der Waals surface area contributed by atoms with Gasteiger partial charge in [-0.25, -0.2) is 0 Å². The van der Waals surface area contributed by atoms with Crippen LogP contribution >= 0.6 is 0 Å². The van der Waals surface area contributed by atoms with Crippen LogP contribution in [0.2, 0.25) is 0 Å². The van der Waals surface area contributed by atoms with Crippen LogP contribution in [0, 0.1) is 0 Å². The second-order valence-electron chi connectivity index (χ2n) is 6.79. The number of anilines is 1. The quantitative estimate of drug-likeness (QED) is 0.485. The van der Waals surface area contributed by atoms with E-state index in [0.29, 0.717) is 12.1 Å². The number of aromatic nitrogens is 1. The maximum atomic E-state index is 3.63. The first-order valence-corrected chi connectivity index (χ1v) is 8.66. The molecule has 1 aromatic heterocycles. The van der Waals surface area contributed by atoms with Crippen molar-refractivity contribution in [2.75, 3.05) is 5.32 Å². The van der Waals surface area contributed by atoms with Crippen molar-refractivity contribution in [1.29, 1.82) is 0 Å². The molecular formula is C22H20N2. The van der Waals surface area contributed by atoms with Crippen molar-refractivity contribution in [3.63, 3.8) is 0 Å². The van der Waals surface area contributed by atoms with Crippen LogP contribution in [0.4, 0.5) is 5.69 Å². The van der Waals surface area contributed by atoms with Crippen LogP contribution in [0.25, 0.3) is 21.8 Å². The van der Waals surface area contributed by atoms with Gasteiger partial charge in [-0.3, -0.25) is 0 Å². The van der Waals surface area contributed by atoms with E-state index in [0.717, 1.165) is 6.42 Å². The molecule has 3 aromatic carbocycles. The Morgan fingerprint density at radius 3 is 2.08 bits per heavy atom. The molecule has 0 fully saturated rings. The maximum Gasteiger partial charge on any atom is 0.0631 e. The molecule has 24 heavy (non-hydrogen) atoms. The summed E-state index contributed by atoms with van der Waals surface area (Å²) < 4.78 is 2.54. The summed E-state index contributed by atoms with van der Waals surface area (Å²) in [6.07, 6.45) is 1.10. The lowest BCUT2D eigenvalue weighted by Crippen LogP contribution is -2.28. The van der Waals surface area contributed by atoms with Crippen LogP contribution < -0.4 is 5.32 Å². The van der Waals surface area contributed by atoms with E-state index in [-0.39, 0.29) is 0 Å². The molecule has 4 aromatic rings. The minimum Gasteiger partial charge on any atom is -0.382 e. The lowest BCUT2D eigenvalue weighted by atomic mass is 9.93. The van der Waals surface area contributed by atoms with Crippen molar-refractivity contribution >= 4 is 27.5 Å². The van der Waals surface area contributed by atoms with Crippen molar-refractivity contribution in [2.45, 2.75) is 25.4 Å². The number of fused-ring (bicyclic) bond motifs is 4. The molecule has 0 saturated carbocycles. The number of nitrogens with one attached hydrogen (secondary N) is 1. The summed E-state index contributed by atoms with van der Waals surface area (Å²) in [5.74, 6) is 0. The Bertz CT molecular complexity index is 991. The summed E-state index contributed by atoms with van der Waals surface area (Å²) in [5, 5.41) is 6.32. The van der Waals surface area contributed by atoms with E-state index < -0.39 is 0 Å². The summed E-state index contributed by atoms with van der Waals surface area (Å²) in [4.78, 5) is 0. The molecule has 2 atom stereocenters. The fraction of sp³-hybridized carbons (Fsp3) is 0.182. The zero-order valence-electron chi connectivity index (χ0n) is 13.7. The lowest BCUT2D eigenvalue weighted by Gasteiger charge is -2.33. The largest absolute Gasteiger partial charge is 0.382 e. The van der Waals surface area contributed by atoms with E-state index in [2.05, 4.69) is 89.6 Å². The Morgan fingerprint density at radius 2 is 1.38 bits per heavy atom. The molecule has 1 aliphatic rings. The molecule has 0 bridgehead atoms. The van der Waals surface area contributed by atoms with Gasteiger partial charge in [-0.05, 0) is 37.1 Å². The van der Waals surface area contributed by atoms with Gasteiger partial charge in [0.05, 0.1) is 6.04 Å². The van der Waals surface area contributed by atoms with Gasteiger partial charge in [-0.15, -0.1) is 0 Å². The predicted octanol–water partition coefficient (Wildman–Crippen LogP) is 5.59. The van der Waals surface area contributed by atoms with Gasteiger partial charge in [0, 0.05) is 33.5 Å². The van der Waals surface area contributed by atoms with Gasteiger partial charge in [0.15, 0.2) is 0 Å². The fourth-order valence-electron chi connectivity index (χ4n) is 4.24. The van der Waals surface area contributed by atoms with Gasteiger partial charge < -0.3 is 9.88 Å². The highest BCUT2D eigenvalue weighted by atomic mass is 15.1. The third-order valence-corrected chi connectivity index (χ3v) is 5.23. The maximum absolute atomic E-state index is 3.63. The Labute approximate surface area is 141 Å². The number of para-hydroxylation sites is 3. The molecule has 1 N–H and O–H groups in total. The van der Waals surface area contributed by atoms with Gasteiger partial charge in [-0.2, -0.15) is 0 Å². The van der Waals surface area contributed by atoms with Crippen molar-refractivity contribution in [3.8, 4) is 0 Å². The van der Waals surface area contributed by atoms with Crippen molar-refractivity contribution in [1.82, 2.24) is 4.57 Å². The lowest BCUT2D eigenvalue weighted by molar-refractivity contribution is 0.513. The first kappa shape index (κ1) is 13.7. The molecule has 0 spiro atoms. The van der Waals surface area contributed by atoms with Crippen molar-refractivity contribution in [2.24, 2.45) is 0 Å². The minimum atomic E-state index is 0.363. The average molecular weight is 312 g/mol. The molecule has 1 aliphatic heterocycles. The second-order valence-corrected chi connectivity index (χ2v) is 6.79. The fourth-order valence-corrected chi connectivity index (χ4v) is 4.24. The zero-order chi connectivity index (χ0) is 16.1. The van der Waals surface area contributed by atoms with E-state index in [4.69, 9.17) is 0 Å². The van der Waals surface area contributed by atoms with E-state index in [1.54, 1.807) is 0 Å². The second kappa shape index (κ2) is 5.13. The average Bonchev–Trinajstić information content (AvgIpc) is 2.95. The van der Waals surface area contributed by atoms with E-state index in [9.17, 15) is 0 Å². The molecule has 2 nitrogen and oxygen atoms in total. The van der Waals surface area contributed by atoms with Crippen LogP contribution in [0.1, 0.15) is 24.9 Å². The summed E-state index contributed by atoms with van der Waals surface area (Å²) in [6.45, 7) is 2.27. The molecule has 0 saturated heterocycles. The summed E-state index contributed by atoms with van der Waals surface area (Å²) in [7, 11) is 0. The Balaban J connectivity index is 1.86. The zero-order valence-corrected chi connectivity index (χ0v) is 13.7. The molecule has 118 valence electrons. The first-order chi connectivity index (χ1) is 11.8. The molecule has 0 unspecified atom stereocenters. The molecule has 2 heterocycles. The van der Waals surface area contributed by atoms with Crippen molar-refractivity contribution < 1.29 is 0 Å². The molecule has 0 radical (unpaired) electrons. The monoisotopic (exact) mass is 312 g/mol. The summed E-state index contributed by atoms with van der Waals surface area (Å²) >= 11 is 0. The number of nitrogens with zero attached hydrogens (tertiary/aromatic N) is 1. The third kappa shape index (κ3) is 1.89. The van der Waals surface area contributed by atoms with Crippen LogP contribution in [-0.2, 0) is 0 Å². The Morgan fingerprint density at radius 1 is 0.792 bits per heavy atom. The Kier molecular flexibility index (Phi) is 2.93.